The van der Waals surface area contributed by atoms with Crippen LogP contribution in [-0.4, -0.2) is 47.8 Å². The quantitative estimate of drug-likeness (QED) is 0.411. The monoisotopic (exact) mass is 553 g/mol. The summed E-state index contributed by atoms with van der Waals surface area (Å²) in [6, 6.07) is 13.3. The molecular formula is C27H33Cl2NO5S. The second-order valence-electron chi connectivity index (χ2n) is 10.2. The van der Waals surface area contributed by atoms with Crippen LogP contribution in [0.1, 0.15) is 63.6 Å². The topological polar surface area (TPSA) is 91.8 Å². The zero-order valence-corrected chi connectivity index (χ0v) is 23.3. The molecule has 0 saturated carbocycles. The van der Waals surface area contributed by atoms with Gasteiger partial charge in [0.15, 0.2) is 9.84 Å². The molecule has 4 atom stereocenters. The molecule has 2 unspecified atom stereocenters. The fourth-order valence-electron chi connectivity index (χ4n) is 5.22. The van der Waals surface area contributed by atoms with Crippen LogP contribution in [-0.2, 0) is 19.4 Å². The number of carbonyl (C=O) groups excluding carboxylic acids is 1. The number of hydrogen-bond acceptors (Lipinski definition) is 4. The van der Waals surface area contributed by atoms with Gasteiger partial charge in [0, 0.05) is 27.8 Å². The predicted octanol–water partition coefficient (Wildman–Crippen LogP) is 5.99. The Labute approximate surface area is 223 Å². The van der Waals surface area contributed by atoms with E-state index in [1.807, 2.05) is 44.2 Å². The molecule has 1 aliphatic rings. The maximum absolute atomic E-state index is 14.2. The molecule has 1 heterocycles. The summed E-state index contributed by atoms with van der Waals surface area (Å²) in [6.45, 7) is 7.03. The molecule has 0 aliphatic carbocycles. The van der Waals surface area contributed by atoms with Gasteiger partial charge >= 0.3 is 5.97 Å². The molecular weight excluding hydrogens is 521 g/mol. The summed E-state index contributed by atoms with van der Waals surface area (Å²) in [4.78, 5) is 27.8. The minimum absolute atomic E-state index is 0.0476. The summed E-state index contributed by atoms with van der Waals surface area (Å²) in [6.07, 6.45) is -0.0916. The average Bonchev–Trinajstić information content (AvgIpc) is 2.79. The van der Waals surface area contributed by atoms with E-state index in [2.05, 4.69) is 0 Å². The van der Waals surface area contributed by atoms with E-state index >= 15 is 0 Å². The van der Waals surface area contributed by atoms with Crippen LogP contribution >= 0.6 is 23.2 Å². The lowest BCUT2D eigenvalue weighted by Crippen LogP contribution is -2.58. The highest BCUT2D eigenvalue weighted by Gasteiger charge is 2.53. The van der Waals surface area contributed by atoms with Crippen LogP contribution in [0.5, 0.6) is 0 Å². The summed E-state index contributed by atoms with van der Waals surface area (Å²) >= 11 is 12.5. The smallest absolute Gasteiger partial charge is 0.304 e. The first-order valence-electron chi connectivity index (χ1n) is 12.0. The Morgan fingerprint density at radius 3 is 2.28 bits per heavy atom. The first-order valence-corrected chi connectivity index (χ1v) is 14.6. The molecule has 2 aromatic carbocycles. The van der Waals surface area contributed by atoms with Crippen LogP contribution in [0.2, 0.25) is 10.0 Å². The van der Waals surface area contributed by atoms with Gasteiger partial charge in [-0.1, -0.05) is 75.2 Å². The van der Waals surface area contributed by atoms with Gasteiger partial charge in [-0.25, -0.2) is 8.42 Å². The van der Waals surface area contributed by atoms with Gasteiger partial charge in [-0.3, -0.25) is 9.59 Å². The van der Waals surface area contributed by atoms with Gasteiger partial charge in [0.2, 0.25) is 5.91 Å². The number of hydrogen-bond donors (Lipinski definition) is 1. The molecule has 9 heteroatoms. The highest BCUT2D eigenvalue weighted by atomic mass is 35.5. The fraction of sp³-hybridized carbons (Fsp3) is 0.481. The summed E-state index contributed by atoms with van der Waals surface area (Å²) in [5, 5.41) is 10.8. The van der Waals surface area contributed by atoms with E-state index in [9.17, 15) is 23.1 Å². The highest BCUT2D eigenvalue weighted by molar-refractivity contribution is 7.91. The third-order valence-electron chi connectivity index (χ3n) is 7.12. The number of nitrogens with zero attached hydrogens (tertiary/aromatic N) is 1. The first kappa shape index (κ1) is 28.5. The van der Waals surface area contributed by atoms with Crippen molar-refractivity contribution < 1.29 is 23.1 Å². The Hall–Kier alpha value is -2.09. The average molecular weight is 555 g/mol. The van der Waals surface area contributed by atoms with Gasteiger partial charge in [-0.05, 0) is 47.7 Å². The molecule has 1 aliphatic heterocycles. The van der Waals surface area contributed by atoms with Crippen LogP contribution in [0.4, 0.5) is 0 Å². The van der Waals surface area contributed by atoms with Crippen molar-refractivity contribution in [1.82, 2.24) is 4.90 Å². The van der Waals surface area contributed by atoms with Crippen molar-refractivity contribution in [3.8, 4) is 0 Å². The van der Waals surface area contributed by atoms with Crippen LogP contribution in [0.25, 0.3) is 0 Å². The number of aliphatic carboxylic acids is 1. The van der Waals surface area contributed by atoms with Crippen molar-refractivity contribution in [3.05, 3.63) is 69.7 Å². The number of carboxylic acid groups (broad SMARTS) is 1. The van der Waals surface area contributed by atoms with Gasteiger partial charge in [-0.15, -0.1) is 0 Å². The third-order valence-corrected chi connectivity index (χ3v) is 9.34. The molecule has 6 nitrogen and oxygen atoms in total. The molecule has 2 aromatic rings. The van der Waals surface area contributed by atoms with E-state index in [1.165, 1.54) is 0 Å². The van der Waals surface area contributed by atoms with Gasteiger partial charge in [-0.2, -0.15) is 0 Å². The maximum atomic E-state index is 14.2. The maximum Gasteiger partial charge on any atom is 0.304 e. The number of rotatable bonds is 9. The molecule has 3 rings (SSSR count). The number of carboxylic acids is 1. The number of halogens is 2. The lowest BCUT2D eigenvalue weighted by atomic mass is 9.66. The minimum Gasteiger partial charge on any atom is -0.481 e. The largest absolute Gasteiger partial charge is 0.481 e. The molecule has 1 fully saturated rings. The Bertz CT molecular complexity index is 1210. The second kappa shape index (κ2) is 11.1. The van der Waals surface area contributed by atoms with Crippen molar-refractivity contribution in [2.45, 2.75) is 58.5 Å². The summed E-state index contributed by atoms with van der Waals surface area (Å²) in [5.41, 5.74) is 0.428. The van der Waals surface area contributed by atoms with Crippen LogP contribution in [0.15, 0.2) is 48.5 Å². The van der Waals surface area contributed by atoms with Crippen molar-refractivity contribution >= 4 is 44.9 Å². The minimum atomic E-state index is -3.45. The summed E-state index contributed by atoms with van der Waals surface area (Å²) in [5.74, 6) is -2.21. The van der Waals surface area contributed by atoms with Gasteiger partial charge in [0.25, 0.3) is 0 Å². The summed E-state index contributed by atoms with van der Waals surface area (Å²) < 4.78 is 25.6. The highest BCUT2D eigenvalue weighted by Crippen LogP contribution is 2.52. The number of likely N-dealkylation sites (tertiary alicyclic amines) is 1. The van der Waals surface area contributed by atoms with E-state index in [-0.39, 0.29) is 42.1 Å². The van der Waals surface area contributed by atoms with E-state index in [0.29, 0.717) is 10.0 Å². The van der Waals surface area contributed by atoms with Crippen molar-refractivity contribution in [3.63, 3.8) is 0 Å². The molecule has 0 aromatic heterocycles. The second-order valence-corrected chi connectivity index (χ2v) is 13.5. The van der Waals surface area contributed by atoms with Crippen molar-refractivity contribution in [1.29, 1.82) is 0 Å². The Balaban J connectivity index is 2.30. The van der Waals surface area contributed by atoms with E-state index in [4.69, 9.17) is 23.2 Å². The Kier molecular flexibility index (Phi) is 8.79. The molecule has 196 valence electrons. The Morgan fingerprint density at radius 2 is 1.75 bits per heavy atom. The number of carbonyl (C=O) groups is 2. The molecule has 1 saturated heterocycles. The number of amides is 1. The number of sulfone groups is 1. The van der Waals surface area contributed by atoms with E-state index < -0.39 is 33.3 Å². The number of piperidine rings is 1. The van der Waals surface area contributed by atoms with E-state index in [0.717, 1.165) is 11.1 Å². The fourth-order valence-corrected chi connectivity index (χ4v) is 6.84. The molecule has 0 bridgehead atoms. The van der Waals surface area contributed by atoms with Crippen molar-refractivity contribution in [2.24, 2.45) is 11.3 Å². The lowest BCUT2D eigenvalue weighted by Gasteiger charge is -2.52. The third kappa shape index (κ3) is 6.24. The predicted molar refractivity (Wildman–Crippen MR) is 143 cm³/mol. The van der Waals surface area contributed by atoms with Crippen LogP contribution < -0.4 is 0 Å². The Morgan fingerprint density at radius 1 is 1.11 bits per heavy atom. The zero-order chi connectivity index (χ0) is 26.8. The molecule has 1 amide bonds. The molecule has 36 heavy (non-hydrogen) atoms. The lowest BCUT2D eigenvalue weighted by molar-refractivity contribution is -0.161. The van der Waals surface area contributed by atoms with Gasteiger partial charge in [0.05, 0.1) is 23.6 Å². The normalized spacial score (nSPS) is 23.6. The van der Waals surface area contributed by atoms with Crippen LogP contribution in [0.3, 0.4) is 0 Å². The molecule has 0 spiro atoms. The zero-order valence-electron chi connectivity index (χ0n) is 20.9. The van der Waals surface area contributed by atoms with Gasteiger partial charge < -0.3 is 10.0 Å². The number of benzene rings is 2. The van der Waals surface area contributed by atoms with Crippen molar-refractivity contribution in [2.75, 3.05) is 11.5 Å². The summed E-state index contributed by atoms with van der Waals surface area (Å²) in [7, 11) is -3.45. The van der Waals surface area contributed by atoms with E-state index in [1.54, 1.807) is 36.9 Å². The van der Waals surface area contributed by atoms with Crippen LogP contribution in [0, 0.1) is 11.3 Å². The standard InChI is InChI=1S/C27H33Cl2NO5S/c1-5-36(34,35)16-23(17(2)3)30-25(18-9-11-20(28)12-10-18)22(19-7-6-8-21(29)13-19)14-27(4,26(30)33)15-24(31)32/h6-13,17,22-23,25H,5,14-16H2,1-4H3,(H,31,32)/t22?,23?,25-,27-/m1/s1. The first-order chi connectivity index (χ1) is 16.8. The SMILES string of the molecule is CCS(=O)(=O)CC(C(C)C)N1C(=O)[C@@](C)(CC(=O)O)CC(c2cccc(Cl)c2)[C@H]1c1ccc(Cl)cc1. The van der Waals surface area contributed by atoms with Gasteiger partial charge in [0.1, 0.15) is 0 Å². The molecule has 1 N–H and O–H groups in total. The molecule has 0 radical (unpaired) electrons.